The minimum atomic E-state index is -0.750. The Bertz CT molecular complexity index is 625. The largest absolute Gasteiger partial charge is 2.00 e. The second-order valence-corrected chi connectivity index (χ2v) is 12.2. The van der Waals surface area contributed by atoms with E-state index >= 15 is 0 Å². The molecule has 0 aliphatic carbocycles. The van der Waals surface area contributed by atoms with Gasteiger partial charge in [-0.05, 0) is 47.6 Å². The van der Waals surface area contributed by atoms with Crippen LogP contribution < -0.4 is 5.30 Å². The minimum absolute atomic E-state index is 0. The molecule has 0 amide bonds. The van der Waals surface area contributed by atoms with Crippen LogP contribution in [-0.2, 0) is 25.2 Å². The van der Waals surface area contributed by atoms with E-state index in [9.17, 15) is 0 Å². The van der Waals surface area contributed by atoms with Gasteiger partial charge in [0.2, 0.25) is 0 Å². The van der Waals surface area contributed by atoms with E-state index in [0.29, 0.717) is 10.3 Å². The number of hydrogen-bond acceptors (Lipinski definition) is 1. The Morgan fingerprint density at radius 3 is 1.80 bits per heavy atom. The van der Waals surface area contributed by atoms with Gasteiger partial charge in [-0.25, -0.2) is 0 Å². The van der Waals surface area contributed by atoms with Gasteiger partial charge in [0, 0.05) is 7.92 Å². The molecule has 0 N–H and O–H groups in total. The summed E-state index contributed by atoms with van der Waals surface area (Å²) in [6.07, 6.45) is 1.50. The van der Waals surface area contributed by atoms with Gasteiger partial charge in [0.25, 0.3) is 0 Å². The third-order valence-corrected chi connectivity index (χ3v) is 7.67. The van der Waals surface area contributed by atoms with Gasteiger partial charge in [-0.1, -0.05) is 23.8 Å². The molecule has 2 aromatic carbocycles. The molecular formula is C22H30OPPd+. The van der Waals surface area contributed by atoms with Gasteiger partial charge in [0.1, 0.15) is 0 Å². The molecule has 0 aliphatic heterocycles. The Balaban J connectivity index is 0.00000134. The van der Waals surface area contributed by atoms with Gasteiger partial charge in [-0.2, -0.15) is 6.92 Å². The molecule has 3 heteroatoms. The number of hydrogen-bond donors (Lipinski definition) is 0. The van der Waals surface area contributed by atoms with Crippen LogP contribution in [0, 0.1) is 6.07 Å². The van der Waals surface area contributed by atoms with Crippen molar-refractivity contribution in [2.75, 3.05) is 0 Å². The summed E-state index contributed by atoms with van der Waals surface area (Å²) < 4.78 is 0. The first-order valence-electron chi connectivity index (χ1n) is 8.36. The van der Waals surface area contributed by atoms with Crippen LogP contribution in [0.2, 0.25) is 0 Å². The molecule has 2 rings (SSSR count). The van der Waals surface area contributed by atoms with Crippen molar-refractivity contribution < 1.29 is 25.2 Å². The molecule has 0 saturated carbocycles. The van der Waals surface area contributed by atoms with Crippen LogP contribution >= 0.6 is 7.92 Å². The Labute approximate surface area is 169 Å². The van der Waals surface area contributed by atoms with Crippen molar-refractivity contribution in [3.05, 3.63) is 54.6 Å². The Morgan fingerprint density at radius 2 is 1.36 bits per heavy atom. The summed E-state index contributed by atoms with van der Waals surface area (Å²) in [6.45, 7) is 15.6. The van der Waals surface area contributed by atoms with E-state index in [1.807, 2.05) is 12.1 Å². The number of carbonyl (C=O) groups excluding carboxylic acids is 1. The van der Waals surface area contributed by atoms with E-state index in [0.717, 1.165) is 0 Å². The molecule has 2 aromatic rings. The molecular weight excluding hydrogens is 418 g/mol. The average molecular weight is 448 g/mol. The molecule has 0 bridgehead atoms. The van der Waals surface area contributed by atoms with E-state index in [1.54, 1.807) is 0 Å². The molecule has 0 saturated heterocycles. The Morgan fingerprint density at radius 1 is 0.880 bits per heavy atom. The van der Waals surface area contributed by atoms with Crippen LogP contribution in [0.3, 0.4) is 0 Å². The summed E-state index contributed by atoms with van der Waals surface area (Å²) in [5.41, 5.74) is 2.57. The summed E-state index contributed by atoms with van der Waals surface area (Å²) >= 11 is 0. The van der Waals surface area contributed by atoms with Crippen LogP contribution in [-0.4, -0.2) is 16.6 Å². The summed E-state index contributed by atoms with van der Waals surface area (Å²) in [6, 6.07) is 20.6. The maximum atomic E-state index is 8.68. The molecule has 25 heavy (non-hydrogen) atoms. The van der Waals surface area contributed by atoms with Gasteiger partial charge in [0.15, 0.2) is 0 Å². The zero-order valence-electron chi connectivity index (χ0n) is 16.3. The first-order chi connectivity index (χ1) is 11.1. The van der Waals surface area contributed by atoms with Crippen LogP contribution in [0.25, 0.3) is 11.1 Å². The van der Waals surface area contributed by atoms with E-state index in [-0.39, 0.29) is 20.4 Å². The zero-order valence-corrected chi connectivity index (χ0v) is 18.9. The summed E-state index contributed by atoms with van der Waals surface area (Å²) in [5.74, 6) is 0. The van der Waals surface area contributed by atoms with E-state index in [4.69, 9.17) is 4.79 Å². The van der Waals surface area contributed by atoms with E-state index in [1.165, 1.54) is 29.6 Å². The number of benzene rings is 2. The van der Waals surface area contributed by atoms with Crippen molar-refractivity contribution in [1.82, 2.24) is 0 Å². The summed E-state index contributed by atoms with van der Waals surface area (Å²) in [4.78, 5) is 8.68. The average Bonchev–Trinajstić information content (AvgIpc) is 2.46. The van der Waals surface area contributed by atoms with Gasteiger partial charge in [-0.15, -0.1) is 35.9 Å². The molecule has 0 unspecified atom stereocenters. The predicted molar refractivity (Wildman–Crippen MR) is 110 cm³/mol. The fourth-order valence-electron chi connectivity index (χ4n) is 3.43. The van der Waals surface area contributed by atoms with E-state index in [2.05, 4.69) is 84.0 Å². The Kier molecular flexibility index (Phi) is 10.0. The van der Waals surface area contributed by atoms with Crippen molar-refractivity contribution in [3.63, 3.8) is 0 Å². The van der Waals surface area contributed by atoms with Gasteiger partial charge >= 0.3 is 20.4 Å². The second kappa shape index (κ2) is 10.4. The van der Waals surface area contributed by atoms with Crippen molar-refractivity contribution in [2.45, 2.75) is 58.8 Å². The SMILES string of the molecule is CC(C)(C)[PH+](c1ccccc1-c1[c-]cccc1)C(C)(C)C.C[C-]=O.[Pd+2]. The van der Waals surface area contributed by atoms with Crippen molar-refractivity contribution >= 4 is 19.5 Å². The molecule has 0 heterocycles. The van der Waals surface area contributed by atoms with Crippen LogP contribution in [0.1, 0.15) is 48.5 Å². The standard InChI is InChI=1S/C20H26P.C2H3O.Pd/c1-19(2,3)21(20(4,5)6)18-15-11-10-14-17(18)16-12-8-7-9-13-16;1-2-3;/h7-12,14-15H,1-6H3;1H3;/q2*-1;+2/p+1. The number of rotatable bonds is 2. The summed E-state index contributed by atoms with van der Waals surface area (Å²) in [5, 5.41) is 2.16. The fraction of sp³-hybridized carbons (Fsp3) is 0.409. The van der Waals surface area contributed by atoms with Crippen LogP contribution in [0.4, 0.5) is 0 Å². The van der Waals surface area contributed by atoms with Gasteiger partial charge in [0.05, 0.1) is 15.6 Å². The summed E-state index contributed by atoms with van der Waals surface area (Å²) in [7, 11) is -0.750. The monoisotopic (exact) mass is 447 g/mol. The predicted octanol–water partition coefficient (Wildman–Crippen LogP) is 5.70. The molecule has 0 radical (unpaired) electrons. The first-order valence-corrected chi connectivity index (χ1v) is 9.86. The normalized spacial score (nSPS) is 11.2. The topological polar surface area (TPSA) is 17.1 Å². The van der Waals surface area contributed by atoms with Crippen LogP contribution in [0.15, 0.2) is 48.5 Å². The zero-order chi connectivity index (χ0) is 18.4. The van der Waals surface area contributed by atoms with Gasteiger partial charge < -0.3 is 4.79 Å². The van der Waals surface area contributed by atoms with Crippen molar-refractivity contribution in [2.24, 2.45) is 0 Å². The Hall–Kier alpha value is -0.798. The second-order valence-electron chi connectivity index (χ2n) is 7.90. The van der Waals surface area contributed by atoms with E-state index < -0.39 is 7.92 Å². The molecule has 0 atom stereocenters. The molecule has 1 nitrogen and oxygen atoms in total. The van der Waals surface area contributed by atoms with Gasteiger partial charge in [-0.3, -0.25) is 6.29 Å². The first kappa shape index (κ1) is 24.2. The minimum Gasteiger partial charge on any atom is -0.542 e. The van der Waals surface area contributed by atoms with Crippen LogP contribution in [0.5, 0.6) is 0 Å². The molecule has 0 aliphatic rings. The van der Waals surface area contributed by atoms with Crippen molar-refractivity contribution in [3.8, 4) is 11.1 Å². The molecule has 0 fully saturated rings. The fourth-order valence-corrected chi connectivity index (χ4v) is 8.05. The quantitative estimate of drug-likeness (QED) is 0.328. The molecule has 0 aromatic heterocycles. The molecule has 138 valence electrons. The third-order valence-electron chi connectivity index (χ3n) is 3.70. The molecule has 0 spiro atoms. The van der Waals surface area contributed by atoms with Crippen molar-refractivity contribution in [1.29, 1.82) is 0 Å². The maximum Gasteiger partial charge on any atom is 2.00 e. The maximum absolute atomic E-state index is 8.68. The smallest absolute Gasteiger partial charge is 0.542 e. The third kappa shape index (κ3) is 7.15.